The van der Waals surface area contributed by atoms with Gasteiger partial charge in [-0.3, -0.25) is 4.79 Å². The Morgan fingerprint density at radius 1 is 0.931 bits per heavy atom. The number of hydrogen-bond acceptors (Lipinski definition) is 2. The molecular weight excluding hydrogens is 380 g/mol. The number of fused-ring (bicyclic) bond motifs is 1. The lowest BCUT2D eigenvalue weighted by atomic mass is 10.0. The van der Waals surface area contributed by atoms with Crippen LogP contribution in [-0.4, -0.2) is 10.9 Å². The van der Waals surface area contributed by atoms with E-state index in [0.717, 1.165) is 34.1 Å². The Kier molecular flexibility index (Phi) is 5.59. The van der Waals surface area contributed by atoms with Crippen molar-refractivity contribution in [2.24, 2.45) is 0 Å². The van der Waals surface area contributed by atoms with Gasteiger partial charge in [-0.15, -0.1) is 0 Å². The Morgan fingerprint density at radius 2 is 1.69 bits per heavy atom. The van der Waals surface area contributed by atoms with Crippen molar-refractivity contribution in [3.8, 4) is 11.3 Å². The van der Waals surface area contributed by atoms with E-state index in [1.807, 2.05) is 66.7 Å². The molecule has 3 aromatic carbocycles. The molecule has 1 amide bonds. The molecule has 0 unspecified atom stereocenters. The number of halogens is 1. The molecule has 29 heavy (non-hydrogen) atoms. The molecule has 4 aromatic rings. The first-order chi connectivity index (χ1) is 14.1. The highest BCUT2D eigenvalue weighted by molar-refractivity contribution is 6.30. The Morgan fingerprint density at radius 3 is 2.41 bits per heavy atom. The minimum absolute atomic E-state index is 0.107. The van der Waals surface area contributed by atoms with Crippen molar-refractivity contribution in [3.05, 3.63) is 101 Å². The van der Waals surface area contributed by atoms with Crippen LogP contribution in [0.4, 0.5) is 0 Å². The predicted octanol–water partition coefficient (Wildman–Crippen LogP) is 6.05. The molecule has 0 aliphatic heterocycles. The molecule has 0 bridgehead atoms. The lowest BCUT2D eigenvalue weighted by Gasteiger charge is -2.12. The van der Waals surface area contributed by atoms with Gasteiger partial charge in [0.25, 0.3) is 5.91 Å². The van der Waals surface area contributed by atoms with Gasteiger partial charge in [0.1, 0.15) is 0 Å². The number of carbonyl (C=O) groups is 1. The van der Waals surface area contributed by atoms with E-state index in [1.165, 1.54) is 5.56 Å². The molecular formula is C25H21ClN2O. The topological polar surface area (TPSA) is 42.0 Å². The summed E-state index contributed by atoms with van der Waals surface area (Å²) in [7, 11) is 0. The third-order valence-corrected chi connectivity index (χ3v) is 5.21. The maximum absolute atomic E-state index is 13.1. The van der Waals surface area contributed by atoms with Crippen LogP contribution in [0.15, 0.2) is 78.9 Å². The van der Waals surface area contributed by atoms with E-state index in [0.29, 0.717) is 17.1 Å². The van der Waals surface area contributed by atoms with Crippen molar-refractivity contribution >= 4 is 28.4 Å². The summed E-state index contributed by atoms with van der Waals surface area (Å²) in [5.41, 5.74) is 5.35. The number of aromatic nitrogens is 1. The van der Waals surface area contributed by atoms with E-state index >= 15 is 0 Å². The van der Waals surface area contributed by atoms with Crippen molar-refractivity contribution in [2.45, 2.75) is 19.9 Å². The summed E-state index contributed by atoms with van der Waals surface area (Å²) in [6.07, 6.45) is 0.903. The predicted molar refractivity (Wildman–Crippen MR) is 119 cm³/mol. The molecule has 3 nitrogen and oxygen atoms in total. The first-order valence-electron chi connectivity index (χ1n) is 9.66. The first-order valence-corrected chi connectivity index (χ1v) is 10.0. The van der Waals surface area contributed by atoms with Gasteiger partial charge in [-0.2, -0.15) is 0 Å². The van der Waals surface area contributed by atoms with E-state index in [4.69, 9.17) is 16.6 Å². The summed E-state index contributed by atoms with van der Waals surface area (Å²) in [5, 5.41) is 4.58. The first kappa shape index (κ1) is 19.2. The third kappa shape index (κ3) is 4.30. The standard InChI is InChI=1S/C25H21ClN2O/c1-2-17-8-13-23-21(14-17)22(25(29)27-16-18-6-4-3-5-7-18)15-24(28-23)19-9-11-20(26)12-10-19/h3-15H,2,16H2,1H3,(H,27,29). The Bertz CT molecular complexity index is 1150. The van der Waals surface area contributed by atoms with Gasteiger partial charge in [0.15, 0.2) is 0 Å². The third-order valence-electron chi connectivity index (χ3n) is 4.96. The van der Waals surface area contributed by atoms with Gasteiger partial charge in [0.05, 0.1) is 16.8 Å². The highest BCUT2D eigenvalue weighted by atomic mass is 35.5. The maximum atomic E-state index is 13.1. The van der Waals surface area contributed by atoms with Crippen LogP contribution < -0.4 is 5.32 Å². The van der Waals surface area contributed by atoms with E-state index in [1.54, 1.807) is 0 Å². The molecule has 0 atom stereocenters. The van der Waals surface area contributed by atoms with Crippen LogP contribution in [0.25, 0.3) is 22.2 Å². The zero-order chi connectivity index (χ0) is 20.2. The van der Waals surface area contributed by atoms with Crippen LogP contribution in [-0.2, 0) is 13.0 Å². The molecule has 0 aliphatic rings. The molecule has 144 valence electrons. The van der Waals surface area contributed by atoms with Crippen LogP contribution in [0.5, 0.6) is 0 Å². The second-order valence-corrected chi connectivity index (χ2v) is 7.37. The fourth-order valence-electron chi connectivity index (χ4n) is 3.32. The highest BCUT2D eigenvalue weighted by Crippen LogP contribution is 2.27. The average Bonchev–Trinajstić information content (AvgIpc) is 2.77. The van der Waals surface area contributed by atoms with Crippen LogP contribution in [0.1, 0.15) is 28.4 Å². The van der Waals surface area contributed by atoms with Crippen LogP contribution >= 0.6 is 11.6 Å². The second-order valence-electron chi connectivity index (χ2n) is 6.94. The lowest BCUT2D eigenvalue weighted by Crippen LogP contribution is -2.23. The van der Waals surface area contributed by atoms with Crippen molar-refractivity contribution in [2.75, 3.05) is 0 Å². The molecule has 0 saturated carbocycles. The molecule has 1 N–H and O–H groups in total. The minimum atomic E-state index is -0.107. The van der Waals surface area contributed by atoms with E-state index < -0.39 is 0 Å². The van der Waals surface area contributed by atoms with E-state index in [-0.39, 0.29) is 5.91 Å². The molecule has 0 fully saturated rings. The summed E-state index contributed by atoms with van der Waals surface area (Å²) >= 11 is 6.02. The van der Waals surface area contributed by atoms with E-state index in [2.05, 4.69) is 24.4 Å². The molecule has 1 heterocycles. The summed E-state index contributed by atoms with van der Waals surface area (Å²) in [5.74, 6) is -0.107. The van der Waals surface area contributed by atoms with Crippen molar-refractivity contribution in [3.63, 3.8) is 0 Å². The van der Waals surface area contributed by atoms with E-state index in [9.17, 15) is 4.79 Å². The van der Waals surface area contributed by atoms with Gasteiger partial charge in [0.2, 0.25) is 0 Å². The number of aryl methyl sites for hydroxylation is 1. The number of hydrogen-bond donors (Lipinski definition) is 1. The summed E-state index contributed by atoms with van der Waals surface area (Å²) in [6, 6.07) is 25.4. The minimum Gasteiger partial charge on any atom is -0.348 e. The summed E-state index contributed by atoms with van der Waals surface area (Å²) in [4.78, 5) is 17.9. The van der Waals surface area contributed by atoms with Crippen LogP contribution in [0.3, 0.4) is 0 Å². The lowest BCUT2D eigenvalue weighted by molar-refractivity contribution is 0.0952. The van der Waals surface area contributed by atoms with Crippen LogP contribution in [0.2, 0.25) is 5.02 Å². The molecule has 1 aromatic heterocycles. The fraction of sp³-hybridized carbons (Fsp3) is 0.120. The summed E-state index contributed by atoms with van der Waals surface area (Å²) in [6.45, 7) is 2.58. The second kappa shape index (κ2) is 8.46. The number of carbonyl (C=O) groups excluding carboxylic acids is 1. The largest absolute Gasteiger partial charge is 0.348 e. The van der Waals surface area contributed by atoms with Gasteiger partial charge in [-0.25, -0.2) is 4.98 Å². The smallest absolute Gasteiger partial charge is 0.252 e. The number of benzene rings is 3. The molecule has 4 rings (SSSR count). The molecule has 4 heteroatoms. The number of pyridine rings is 1. The van der Waals surface area contributed by atoms with Crippen molar-refractivity contribution in [1.29, 1.82) is 0 Å². The molecule has 0 radical (unpaired) electrons. The van der Waals surface area contributed by atoms with Gasteiger partial charge < -0.3 is 5.32 Å². The number of nitrogens with one attached hydrogen (secondary N) is 1. The van der Waals surface area contributed by atoms with Gasteiger partial charge in [0, 0.05) is 22.5 Å². The molecule has 0 spiro atoms. The SMILES string of the molecule is CCc1ccc2nc(-c3ccc(Cl)cc3)cc(C(=O)NCc3ccccc3)c2c1. The summed E-state index contributed by atoms with van der Waals surface area (Å²) < 4.78 is 0. The monoisotopic (exact) mass is 400 g/mol. The highest BCUT2D eigenvalue weighted by Gasteiger charge is 2.14. The number of nitrogens with zero attached hydrogens (tertiary/aromatic N) is 1. The number of amides is 1. The van der Waals surface area contributed by atoms with Gasteiger partial charge >= 0.3 is 0 Å². The van der Waals surface area contributed by atoms with Crippen molar-refractivity contribution < 1.29 is 4.79 Å². The molecule has 0 saturated heterocycles. The molecule has 0 aliphatic carbocycles. The maximum Gasteiger partial charge on any atom is 0.252 e. The quantitative estimate of drug-likeness (QED) is 0.443. The number of rotatable bonds is 5. The average molecular weight is 401 g/mol. The zero-order valence-electron chi connectivity index (χ0n) is 16.2. The normalized spacial score (nSPS) is 10.8. The van der Waals surface area contributed by atoms with Crippen molar-refractivity contribution in [1.82, 2.24) is 10.3 Å². The van der Waals surface area contributed by atoms with Gasteiger partial charge in [-0.1, -0.05) is 67.1 Å². The zero-order valence-corrected chi connectivity index (χ0v) is 16.9. The van der Waals surface area contributed by atoms with Crippen LogP contribution in [0, 0.1) is 0 Å². The Labute approximate surface area is 175 Å². The van der Waals surface area contributed by atoms with Gasteiger partial charge in [-0.05, 0) is 47.9 Å². The Balaban J connectivity index is 1.76. The fourth-order valence-corrected chi connectivity index (χ4v) is 3.45. The Hall–Kier alpha value is -3.17.